The molecule has 0 bridgehead atoms. The van der Waals surface area contributed by atoms with Crippen LogP contribution in [0.4, 0.5) is 5.69 Å². The van der Waals surface area contributed by atoms with E-state index in [-0.39, 0.29) is 11.7 Å². The molecular weight excluding hydrogens is 378 g/mol. The van der Waals surface area contributed by atoms with E-state index in [4.69, 9.17) is 15.3 Å². The molecule has 28 heavy (non-hydrogen) atoms. The third-order valence-corrected chi connectivity index (χ3v) is 4.88. The van der Waals surface area contributed by atoms with Crippen molar-refractivity contribution in [1.82, 2.24) is 14.9 Å². The third kappa shape index (κ3) is 4.37. The molecule has 0 saturated carbocycles. The summed E-state index contributed by atoms with van der Waals surface area (Å²) >= 11 is 1.21. The second-order valence-electron chi connectivity index (χ2n) is 5.95. The van der Waals surface area contributed by atoms with Gasteiger partial charge in [0.2, 0.25) is 11.1 Å². The number of methoxy groups -OCH3 is 2. The summed E-state index contributed by atoms with van der Waals surface area (Å²) in [6.07, 6.45) is 0. The van der Waals surface area contributed by atoms with Crippen molar-refractivity contribution < 1.29 is 14.3 Å². The Bertz CT molecular complexity index is 989. The number of nitrogen functional groups attached to an aromatic ring is 1. The van der Waals surface area contributed by atoms with E-state index in [1.807, 2.05) is 37.3 Å². The Morgan fingerprint density at radius 2 is 1.93 bits per heavy atom. The van der Waals surface area contributed by atoms with Crippen molar-refractivity contribution in [2.45, 2.75) is 12.1 Å². The molecule has 0 spiro atoms. The van der Waals surface area contributed by atoms with E-state index in [9.17, 15) is 4.79 Å². The van der Waals surface area contributed by atoms with E-state index in [2.05, 4.69) is 15.5 Å². The zero-order valence-electron chi connectivity index (χ0n) is 15.8. The monoisotopic (exact) mass is 399 g/mol. The van der Waals surface area contributed by atoms with Crippen molar-refractivity contribution >= 4 is 23.4 Å². The number of rotatable bonds is 7. The minimum Gasteiger partial charge on any atom is -0.493 e. The van der Waals surface area contributed by atoms with Crippen molar-refractivity contribution in [2.75, 3.05) is 31.1 Å². The van der Waals surface area contributed by atoms with Crippen molar-refractivity contribution in [3.05, 3.63) is 48.0 Å². The van der Waals surface area contributed by atoms with Crippen molar-refractivity contribution in [2.24, 2.45) is 0 Å². The highest BCUT2D eigenvalue weighted by Gasteiger charge is 2.16. The lowest BCUT2D eigenvalue weighted by molar-refractivity contribution is -0.113. The Morgan fingerprint density at radius 3 is 2.64 bits per heavy atom. The number of benzene rings is 2. The van der Waals surface area contributed by atoms with Gasteiger partial charge < -0.3 is 20.6 Å². The fourth-order valence-electron chi connectivity index (χ4n) is 2.60. The lowest BCUT2D eigenvalue weighted by Crippen LogP contribution is -2.16. The molecule has 0 radical (unpaired) electrons. The van der Waals surface area contributed by atoms with Crippen molar-refractivity contribution in [3.63, 3.8) is 0 Å². The van der Waals surface area contributed by atoms with Crippen LogP contribution in [0.2, 0.25) is 0 Å². The normalized spacial score (nSPS) is 10.5. The predicted octanol–water partition coefficient (Wildman–Crippen LogP) is 2.72. The van der Waals surface area contributed by atoms with Gasteiger partial charge in [-0.25, -0.2) is 4.68 Å². The molecule has 0 unspecified atom stereocenters. The average Bonchev–Trinajstić information content (AvgIpc) is 3.06. The summed E-state index contributed by atoms with van der Waals surface area (Å²) in [5.74, 6) is 7.77. The standard InChI is InChI=1S/C19H21N5O3S/c1-12-5-4-6-14(9-12)21-17(25)11-28-19-23-22-18(24(19)20)13-7-8-15(26-2)16(10-13)27-3/h4-10H,11,20H2,1-3H3,(H,21,25). The van der Waals surface area contributed by atoms with E-state index in [1.165, 1.54) is 16.4 Å². The van der Waals surface area contributed by atoms with Gasteiger partial charge in [0.15, 0.2) is 17.3 Å². The van der Waals surface area contributed by atoms with Gasteiger partial charge in [-0.1, -0.05) is 23.9 Å². The van der Waals surface area contributed by atoms with Gasteiger partial charge in [0.1, 0.15) is 0 Å². The zero-order valence-corrected chi connectivity index (χ0v) is 16.6. The molecule has 2 aromatic carbocycles. The highest BCUT2D eigenvalue weighted by molar-refractivity contribution is 7.99. The Balaban J connectivity index is 1.69. The minimum atomic E-state index is -0.147. The molecule has 0 aliphatic carbocycles. The van der Waals surface area contributed by atoms with Gasteiger partial charge in [-0.15, -0.1) is 10.2 Å². The number of nitrogens with two attached hydrogens (primary N) is 1. The number of hydrogen-bond acceptors (Lipinski definition) is 7. The van der Waals surface area contributed by atoms with Gasteiger partial charge in [0.05, 0.1) is 20.0 Å². The SMILES string of the molecule is COc1ccc(-c2nnc(SCC(=O)Nc3cccc(C)c3)n2N)cc1OC. The number of hydrogen-bond donors (Lipinski definition) is 2. The minimum absolute atomic E-state index is 0.147. The molecule has 3 aromatic rings. The lowest BCUT2D eigenvalue weighted by atomic mass is 10.2. The smallest absolute Gasteiger partial charge is 0.234 e. The summed E-state index contributed by atoms with van der Waals surface area (Å²) in [4.78, 5) is 12.2. The molecular formula is C19H21N5O3S. The van der Waals surface area contributed by atoms with Crippen LogP contribution in [-0.2, 0) is 4.79 Å². The number of ether oxygens (including phenoxy) is 2. The maximum Gasteiger partial charge on any atom is 0.234 e. The van der Waals surface area contributed by atoms with E-state index in [1.54, 1.807) is 26.4 Å². The molecule has 0 fully saturated rings. The van der Waals surface area contributed by atoms with Crippen LogP contribution in [0.3, 0.4) is 0 Å². The highest BCUT2D eigenvalue weighted by Crippen LogP contribution is 2.32. The quantitative estimate of drug-likeness (QED) is 0.465. The summed E-state index contributed by atoms with van der Waals surface area (Å²) in [6, 6.07) is 13.0. The number of aromatic nitrogens is 3. The van der Waals surface area contributed by atoms with Gasteiger partial charge in [-0.05, 0) is 42.8 Å². The van der Waals surface area contributed by atoms with E-state index >= 15 is 0 Å². The fraction of sp³-hybridized carbons (Fsp3) is 0.211. The van der Waals surface area contributed by atoms with Crippen LogP contribution in [-0.4, -0.2) is 40.8 Å². The molecule has 3 N–H and O–H groups in total. The van der Waals surface area contributed by atoms with Crippen LogP contribution in [0.1, 0.15) is 5.56 Å². The number of thioether (sulfide) groups is 1. The van der Waals surface area contributed by atoms with Gasteiger partial charge in [-0.2, -0.15) is 0 Å². The molecule has 146 valence electrons. The van der Waals surface area contributed by atoms with Crippen molar-refractivity contribution in [1.29, 1.82) is 0 Å². The topological polar surface area (TPSA) is 104 Å². The number of carbonyl (C=O) groups is 1. The molecule has 0 aliphatic rings. The molecule has 9 heteroatoms. The maximum atomic E-state index is 12.2. The summed E-state index contributed by atoms with van der Waals surface area (Å²) < 4.78 is 11.9. The van der Waals surface area contributed by atoms with Gasteiger partial charge in [-0.3, -0.25) is 4.79 Å². The number of nitrogens with zero attached hydrogens (tertiary/aromatic N) is 3. The molecule has 1 heterocycles. The first kappa shape index (κ1) is 19.6. The first-order valence-corrected chi connectivity index (χ1v) is 9.42. The van der Waals surface area contributed by atoms with E-state index in [0.717, 1.165) is 16.8 Å². The number of aryl methyl sites for hydroxylation is 1. The average molecular weight is 399 g/mol. The van der Waals surface area contributed by atoms with E-state index < -0.39 is 0 Å². The number of anilines is 1. The number of amides is 1. The third-order valence-electron chi connectivity index (χ3n) is 3.94. The Labute approximate surface area is 167 Å². The Morgan fingerprint density at radius 1 is 1.14 bits per heavy atom. The van der Waals surface area contributed by atoms with Gasteiger partial charge in [0, 0.05) is 11.3 Å². The molecule has 0 atom stereocenters. The van der Waals surface area contributed by atoms with Gasteiger partial charge in [0.25, 0.3) is 0 Å². The van der Waals surface area contributed by atoms with Crippen LogP contribution in [0.5, 0.6) is 11.5 Å². The van der Waals surface area contributed by atoms with Crippen molar-refractivity contribution in [3.8, 4) is 22.9 Å². The predicted molar refractivity (Wildman–Crippen MR) is 109 cm³/mol. The van der Waals surface area contributed by atoms with Crippen LogP contribution in [0.15, 0.2) is 47.6 Å². The molecule has 0 saturated heterocycles. The second kappa shape index (κ2) is 8.66. The Kier molecular flexibility index (Phi) is 6.05. The van der Waals surface area contributed by atoms with Crippen LogP contribution in [0, 0.1) is 6.92 Å². The van der Waals surface area contributed by atoms with Crippen LogP contribution < -0.4 is 20.6 Å². The van der Waals surface area contributed by atoms with Gasteiger partial charge >= 0.3 is 0 Å². The molecule has 8 nitrogen and oxygen atoms in total. The lowest BCUT2D eigenvalue weighted by Gasteiger charge is -2.09. The summed E-state index contributed by atoms with van der Waals surface area (Å²) in [5.41, 5.74) is 2.56. The summed E-state index contributed by atoms with van der Waals surface area (Å²) in [5, 5.41) is 11.5. The largest absolute Gasteiger partial charge is 0.493 e. The first-order valence-electron chi connectivity index (χ1n) is 8.44. The maximum absolute atomic E-state index is 12.2. The summed E-state index contributed by atoms with van der Waals surface area (Å²) in [6.45, 7) is 1.97. The molecule has 1 aromatic heterocycles. The second-order valence-corrected chi connectivity index (χ2v) is 6.89. The molecule has 3 rings (SSSR count). The number of carbonyl (C=O) groups excluding carboxylic acids is 1. The van der Waals surface area contributed by atoms with Crippen LogP contribution in [0.25, 0.3) is 11.4 Å². The van der Waals surface area contributed by atoms with E-state index in [0.29, 0.717) is 22.5 Å². The number of nitrogens with one attached hydrogen (secondary N) is 1. The zero-order chi connectivity index (χ0) is 20.1. The molecule has 1 amide bonds. The fourth-order valence-corrected chi connectivity index (χ4v) is 3.25. The Hall–Kier alpha value is -3.20. The summed E-state index contributed by atoms with van der Waals surface area (Å²) in [7, 11) is 3.13. The molecule has 0 aliphatic heterocycles. The van der Waals surface area contributed by atoms with Crippen LogP contribution >= 0.6 is 11.8 Å². The first-order chi connectivity index (χ1) is 13.5. The highest BCUT2D eigenvalue weighted by atomic mass is 32.2.